The number of aliphatic hydroxyl groups is 5. The van der Waals surface area contributed by atoms with Crippen molar-refractivity contribution in [3.8, 4) is 0 Å². The third kappa shape index (κ3) is 52.2. The number of aromatic nitrogens is 1. The van der Waals surface area contributed by atoms with E-state index in [0.717, 1.165) is 16.3 Å². The van der Waals surface area contributed by atoms with Crippen LogP contribution in [0.15, 0.2) is 59.8 Å². The van der Waals surface area contributed by atoms with Crippen LogP contribution in [0.5, 0.6) is 0 Å². The summed E-state index contributed by atoms with van der Waals surface area (Å²) in [5.74, 6) is -4.33. The Balaban J connectivity index is 0.00000134. The Bertz CT molecular complexity index is 3780. The summed E-state index contributed by atoms with van der Waals surface area (Å²) in [6.07, 6.45) is -1.29. The van der Waals surface area contributed by atoms with Crippen molar-refractivity contribution in [3.05, 3.63) is 60.3 Å². The van der Waals surface area contributed by atoms with Gasteiger partial charge in [-0.1, -0.05) is 130 Å². The molecule has 46 heteroatoms. The van der Waals surface area contributed by atoms with Gasteiger partial charge in [0.05, 0.1) is 113 Å². The molecule has 0 bridgehead atoms. The van der Waals surface area contributed by atoms with Crippen molar-refractivity contribution in [3.63, 3.8) is 0 Å². The van der Waals surface area contributed by atoms with E-state index >= 15 is 0 Å². The molecule has 141 heavy (non-hydrogen) atoms. The van der Waals surface area contributed by atoms with Crippen LogP contribution in [0.1, 0.15) is 172 Å². The fraction of sp³-hybridized carbons (Fsp3) is 0.758. The summed E-state index contributed by atoms with van der Waals surface area (Å²) in [6.45, 7) is 22.4. The van der Waals surface area contributed by atoms with Gasteiger partial charge < -0.3 is 149 Å². The molecule has 19 atom stereocenters. The average molecular weight is 2050 g/mol. The first-order chi connectivity index (χ1) is 67.3. The molecule has 3 heterocycles. The highest BCUT2D eigenvalue weighted by Crippen LogP contribution is 2.32. The number of carboxylic acid groups (broad SMARTS) is 1. The zero-order valence-corrected chi connectivity index (χ0v) is 88.0. The highest BCUT2D eigenvalue weighted by Gasteiger charge is 2.45. The standard InChI is InChI=1S/C59H100N8O15.C18H29N3O6S2.C11H21NO7.C7H16O4/c1-16-38(7)52(65(12)57(74)50(36(3)4)63-56(73)51(37(5)6)64(10)11)46(77-13)32-48(70)66-29-21-25-44(66)53(79-15)40(9)54(71)62-43(31-41-23-19-18-20-24-41)55(72)61-39(8)34-80-58(75)45-26-22-30-67(45)47(69)27-28-60-59(76)81-35-49(78-14)82-42(17-2)33-68;1-3-14(12-22)27-17(25-2)13-26-18(24)21-9-7-15(23)19-10-11-28-29-16-6-4-5-8-20-16;1-3-8(6-13)19-10(17-2)7-18-11(16)12-5-4-9(14)15;1-3-6(4-8)11-7(5-9)10-2/h18-20,23-24,36-40,42-46,49-53,68H,16-17,21-22,25-35H2,1-15H3,(H,60,76)(H,61,72)(H,62,71)(H,63,73);4-6,8,14,17,22H,3,7,9-13H2,1-2H3,(H,19,23)(H,21,24);8,10,13H,3-7H2,1-2H3,(H,12,16)(H,14,15);6-9H,3-5H2,1-2H3/t38-,39?,40+,42?,43-,44-,45?,46+,49?,50-,51-,52-,53+;;;/m0.../s1. The number of benzene rings is 1. The van der Waals surface area contributed by atoms with E-state index in [0.29, 0.717) is 77.4 Å². The van der Waals surface area contributed by atoms with E-state index in [9.17, 15) is 62.6 Å². The minimum atomic E-state index is -1.06. The lowest BCUT2D eigenvalue weighted by atomic mass is 9.89. The maximum absolute atomic E-state index is 14.6. The topological polar surface area (TPSA) is 566 Å². The van der Waals surface area contributed by atoms with Crippen LogP contribution in [-0.4, -0.2) is 399 Å². The van der Waals surface area contributed by atoms with Crippen molar-refractivity contribution in [2.45, 2.75) is 282 Å². The maximum Gasteiger partial charge on any atom is 0.407 e. The number of hydrogen-bond donors (Lipinski definition) is 13. The number of alkyl carbamates (subject to hydrolysis) is 3. The molecule has 2 aromatic rings. The Hall–Kier alpha value is -8.53. The summed E-state index contributed by atoms with van der Waals surface area (Å²) in [6, 6.07) is 9.98. The highest BCUT2D eigenvalue weighted by molar-refractivity contribution is 8.76. The van der Waals surface area contributed by atoms with Gasteiger partial charge in [-0.3, -0.25) is 43.3 Å². The highest BCUT2D eigenvalue weighted by atomic mass is 33.1. The zero-order chi connectivity index (χ0) is 106. The molecule has 0 radical (unpaired) electrons. The molecule has 0 saturated carbocycles. The van der Waals surface area contributed by atoms with E-state index in [2.05, 4.69) is 42.2 Å². The Kier molecular flexibility index (Phi) is 70.4. The predicted octanol–water partition coefficient (Wildman–Crippen LogP) is 4.78. The molecule has 1 aromatic carbocycles. The third-order valence-corrected chi connectivity index (χ3v) is 25.2. The molecule has 13 N–H and O–H groups in total. The van der Waals surface area contributed by atoms with Gasteiger partial charge in [-0.15, -0.1) is 0 Å². The summed E-state index contributed by atoms with van der Waals surface area (Å²) >= 11 is 0. The van der Waals surface area contributed by atoms with Crippen molar-refractivity contribution in [1.29, 1.82) is 0 Å². The molecule has 4 rings (SSSR count). The Labute approximate surface area is 839 Å². The molecule has 44 nitrogen and oxygen atoms in total. The van der Waals surface area contributed by atoms with Crippen LogP contribution in [0.25, 0.3) is 0 Å². The lowest BCUT2D eigenvalue weighted by Gasteiger charge is -2.41. The van der Waals surface area contributed by atoms with Crippen LogP contribution in [0.4, 0.5) is 14.4 Å². The number of carboxylic acids is 1. The molecule has 810 valence electrons. The third-order valence-electron chi connectivity index (χ3n) is 23.0. The van der Waals surface area contributed by atoms with Gasteiger partial charge in [0.15, 0.2) is 25.2 Å². The van der Waals surface area contributed by atoms with E-state index in [4.69, 9.17) is 91.8 Å². The fourth-order valence-electron chi connectivity index (χ4n) is 14.7. The Morgan fingerprint density at radius 2 is 1.00 bits per heavy atom. The van der Waals surface area contributed by atoms with Crippen LogP contribution in [0.2, 0.25) is 0 Å². The molecule has 10 amide bonds. The van der Waals surface area contributed by atoms with Crippen molar-refractivity contribution in [2.24, 2.45) is 23.7 Å². The SMILES string of the molecule is CCC(CO)OC(CO)OC.CCC(CO)OC(COC(=O)NCCC(=O)N1CCCC1C(=O)OCC(C)NC(=O)[C@H](Cc1ccccc1)NC(=O)[C@H](C)[C@@H](OC)[C@@H]1CCCN1C(=O)C[C@@H](OC)[C@H]([C@@H](C)CC)N(C)C(=O)[C@@H](NC(=O)[C@H](C(C)C)N(C)C)C(C)C)OC.CCC(CO)OC(COC(=O)NCCC(=O)NCCSSc1ccccn1)OC.CCC(CO)OC(COC(=O)NCCC(=O)O)OC. The molecule has 1 aromatic heterocycles. The van der Waals surface area contributed by atoms with Crippen LogP contribution >= 0.6 is 21.6 Å². The minimum Gasteiger partial charge on any atom is -0.481 e. The number of aliphatic carboxylic acids is 1. The number of pyridine rings is 1. The second-order valence-corrected chi connectivity index (χ2v) is 36.8. The van der Waals surface area contributed by atoms with Gasteiger partial charge in [0.1, 0.15) is 49.6 Å². The minimum absolute atomic E-state index is 0.00142. The van der Waals surface area contributed by atoms with E-state index < -0.39 is 134 Å². The summed E-state index contributed by atoms with van der Waals surface area (Å²) in [5.41, 5.74) is 0.779. The number of nitrogens with one attached hydrogen (secondary N) is 7. The molecule has 2 aliphatic rings. The maximum atomic E-state index is 14.6. The average Bonchev–Trinajstić information content (AvgIpc) is 1.77. The molecular formula is C95H166N12O32S2. The second kappa shape index (κ2) is 76.1. The van der Waals surface area contributed by atoms with Crippen LogP contribution < -0.4 is 37.2 Å². The smallest absolute Gasteiger partial charge is 0.407 e. The van der Waals surface area contributed by atoms with Crippen molar-refractivity contribution >= 4 is 93.2 Å². The lowest BCUT2D eigenvalue weighted by molar-refractivity contribution is -0.181. The van der Waals surface area contributed by atoms with Crippen molar-refractivity contribution in [2.75, 3.05) is 168 Å². The fourth-order valence-corrected chi connectivity index (χ4v) is 16.5. The zero-order valence-electron chi connectivity index (χ0n) is 86.4. The van der Waals surface area contributed by atoms with Gasteiger partial charge >= 0.3 is 30.2 Å². The first-order valence-electron chi connectivity index (χ1n) is 48.2. The molecular weight excluding hydrogens is 1890 g/mol. The van der Waals surface area contributed by atoms with Gasteiger partial charge in [-0.2, -0.15) is 0 Å². The molecule has 2 aliphatic heterocycles. The molecule has 2 fully saturated rings. The van der Waals surface area contributed by atoms with Gasteiger partial charge in [-0.05, 0) is 119 Å². The number of nitrogens with zero attached hydrogens (tertiary/aromatic N) is 5. The summed E-state index contributed by atoms with van der Waals surface area (Å²) < 4.78 is 74.1. The molecule has 10 unspecified atom stereocenters. The summed E-state index contributed by atoms with van der Waals surface area (Å²) in [5, 5.41) is 73.0. The number of likely N-dealkylation sites (N-methyl/N-ethyl adjacent to an activating group) is 2. The number of amides is 10. The van der Waals surface area contributed by atoms with Gasteiger partial charge in [-0.25, -0.2) is 24.2 Å². The van der Waals surface area contributed by atoms with Crippen LogP contribution in [-0.2, 0) is 116 Å². The number of ether oxygens (including phenoxy) is 14. The first kappa shape index (κ1) is 130. The quantitative estimate of drug-likeness (QED) is 0.0139. The van der Waals surface area contributed by atoms with E-state index in [1.54, 1.807) is 58.5 Å². The van der Waals surface area contributed by atoms with Gasteiger partial charge in [0.25, 0.3) is 0 Å². The van der Waals surface area contributed by atoms with Gasteiger partial charge in [0.2, 0.25) is 41.4 Å². The first-order valence-corrected chi connectivity index (χ1v) is 50.5. The number of esters is 1. The molecule has 2 saturated heterocycles. The van der Waals surface area contributed by atoms with E-state index in [1.165, 1.54) is 47.6 Å². The normalized spacial score (nSPS) is 17.1. The van der Waals surface area contributed by atoms with Gasteiger partial charge in [0, 0.05) is 120 Å². The Morgan fingerprint density at radius 3 is 1.45 bits per heavy atom. The second-order valence-electron chi connectivity index (χ2n) is 34.4. The molecule has 0 aliphatic carbocycles. The number of rotatable bonds is 66. The summed E-state index contributed by atoms with van der Waals surface area (Å²) in [4.78, 5) is 166. The molecule has 0 spiro atoms. The van der Waals surface area contributed by atoms with E-state index in [-0.39, 0.29) is 177 Å². The predicted molar refractivity (Wildman–Crippen MR) is 525 cm³/mol. The number of carbonyl (C=O) groups excluding carboxylic acids is 11. The number of aliphatic hydroxyl groups excluding tert-OH is 5. The number of methoxy groups -OCH3 is 6. The van der Waals surface area contributed by atoms with E-state index in [1.807, 2.05) is 137 Å². The van der Waals surface area contributed by atoms with Crippen LogP contribution in [0.3, 0.4) is 0 Å². The summed E-state index contributed by atoms with van der Waals surface area (Å²) in [7, 11) is 17.2. The van der Waals surface area contributed by atoms with Crippen molar-refractivity contribution in [1.82, 2.24) is 61.8 Å². The largest absolute Gasteiger partial charge is 0.481 e. The van der Waals surface area contributed by atoms with Crippen LogP contribution in [0, 0.1) is 23.7 Å². The number of hydrogen-bond acceptors (Lipinski definition) is 35. The lowest BCUT2D eigenvalue weighted by Crippen LogP contribution is -2.59. The number of carbonyl (C=O) groups is 12. The number of likely N-dealkylation sites (tertiary alicyclic amines) is 2. The van der Waals surface area contributed by atoms with Crippen molar-refractivity contribution < 1.29 is 154 Å². The Morgan fingerprint density at radius 1 is 0.504 bits per heavy atom. The monoisotopic (exact) mass is 2050 g/mol.